The molecule has 2 atom stereocenters. The Morgan fingerprint density at radius 3 is 2.46 bits per heavy atom. The standard InChI is InChI=1S/C16H16N4O3S/c1-12-7-9-14(10-8-12)24(21,22)20-16(13-5-3-2-4-6-13)15(11-23-20)18-19-17/h2-10,15-16H,11H2,1H3. The fraction of sp³-hybridized carbons (Fsp3) is 0.250. The molecule has 0 radical (unpaired) electrons. The summed E-state index contributed by atoms with van der Waals surface area (Å²) in [5, 5.41) is 3.70. The van der Waals surface area contributed by atoms with Gasteiger partial charge in [-0.2, -0.15) is 0 Å². The van der Waals surface area contributed by atoms with Crippen molar-refractivity contribution in [1.29, 1.82) is 0 Å². The van der Waals surface area contributed by atoms with Gasteiger partial charge in [-0.05, 0) is 30.2 Å². The molecule has 0 amide bonds. The second-order valence-corrected chi connectivity index (χ2v) is 7.28. The van der Waals surface area contributed by atoms with E-state index in [4.69, 9.17) is 10.4 Å². The molecule has 7 nitrogen and oxygen atoms in total. The third-order valence-electron chi connectivity index (χ3n) is 3.86. The van der Waals surface area contributed by atoms with Gasteiger partial charge in [0, 0.05) is 4.91 Å². The minimum Gasteiger partial charge on any atom is -0.283 e. The highest BCUT2D eigenvalue weighted by Gasteiger charge is 2.44. The molecule has 1 aliphatic rings. The molecule has 0 spiro atoms. The Bertz CT molecular complexity index is 862. The van der Waals surface area contributed by atoms with Crippen LogP contribution in [0.5, 0.6) is 0 Å². The zero-order chi connectivity index (χ0) is 17.2. The second kappa shape index (κ2) is 6.62. The summed E-state index contributed by atoms with van der Waals surface area (Å²) in [6.07, 6.45) is 0. The van der Waals surface area contributed by atoms with Gasteiger partial charge >= 0.3 is 0 Å². The summed E-state index contributed by atoms with van der Waals surface area (Å²) in [4.78, 5) is 8.37. The van der Waals surface area contributed by atoms with Gasteiger partial charge < -0.3 is 0 Å². The molecule has 0 aromatic heterocycles. The molecule has 8 heteroatoms. The average molecular weight is 344 g/mol. The van der Waals surface area contributed by atoms with E-state index >= 15 is 0 Å². The number of azide groups is 1. The van der Waals surface area contributed by atoms with E-state index in [-0.39, 0.29) is 11.5 Å². The van der Waals surface area contributed by atoms with Crippen molar-refractivity contribution in [3.8, 4) is 0 Å². The predicted octanol–water partition coefficient (Wildman–Crippen LogP) is 3.35. The van der Waals surface area contributed by atoms with E-state index in [1.807, 2.05) is 13.0 Å². The first kappa shape index (κ1) is 16.5. The van der Waals surface area contributed by atoms with Crippen molar-refractivity contribution >= 4 is 10.0 Å². The zero-order valence-corrected chi connectivity index (χ0v) is 13.8. The van der Waals surface area contributed by atoms with Crippen LogP contribution < -0.4 is 0 Å². The molecule has 1 saturated heterocycles. The van der Waals surface area contributed by atoms with E-state index < -0.39 is 22.1 Å². The molecule has 124 valence electrons. The van der Waals surface area contributed by atoms with Gasteiger partial charge in [0.2, 0.25) is 0 Å². The van der Waals surface area contributed by atoms with Crippen molar-refractivity contribution in [2.45, 2.75) is 23.9 Å². The van der Waals surface area contributed by atoms with Crippen LogP contribution in [0, 0.1) is 6.92 Å². The summed E-state index contributed by atoms with van der Waals surface area (Å²) in [5.41, 5.74) is 10.4. The van der Waals surface area contributed by atoms with Crippen LogP contribution in [0.1, 0.15) is 17.2 Å². The summed E-state index contributed by atoms with van der Waals surface area (Å²) < 4.78 is 26.8. The third-order valence-corrected chi connectivity index (χ3v) is 5.54. The SMILES string of the molecule is Cc1ccc(S(=O)(=O)N2OCC(N=[N+]=[N-])C2c2ccccc2)cc1. The molecule has 1 heterocycles. The maximum atomic E-state index is 12.9. The number of sulfonamides is 1. The Kier molecular flexibility index (Phi) is 4.55. The second-order valence-electron chi connectivity index (χ2n) is 5.50. The van der Waals surface area contributed by atoms with Crippen LogP contribution in [0.25, 0.3) is 10.4 Å². The number of hydrogen-bond acceptors (Lipinski definition) is 4. The molecule has 0 aliphatic carbocycles. The van der Waals surface area contributed by atoms with Gasteiger partial charge in [0.05, 0.1) is 23.6 Å². The van der Waals surface area contributed by atoms with Crippen LogP contribution in [0.4, 0.5) is 0 Å². The lowest BCUT2D eigenvalue weighted by atomic mass is 10.0. The van der Waals surface area contributed by atoms with Crippen molar-refractivity contribution in [1.82, 2.24) is 4.47 Å². The minimum absolute atomic E-state index is 0.00864. The highest BCUT2D eigenvalue weighted by Crippen LogP contribution is 2.37. The molecular weight excluding hydrogens is 328 g/mol. The van der Waals surface area contributed by atoms with E-state index in [1.54, 1.807) is 36.4 Å². The topological polar surface area (TPSA) is 95.4 Å². The lowest BCUT2D eigenvalue weighted by Gasteiger charge is -2.24. The summed E-state index contributed by atoms with van der Waals surface area (Å²) >= 11 is 0. The van der Waals surface area contributed by atoms with Crippen molar-refractivity contribution in [3.63, 3.8) is 0 Å². The van der Waals surface area contributed by atoms with E-state index in [0.29, 0.717) is 5.56 Å². The molecule has 0 N–H and O–H groups in total. The third kappa shape index (κ3) is 3.00. The maximum absolute atomic E-state index is 12.9. The Hall–Kier alpha value is -2.38. The first-order chi connectivity index (χ1) is 11.5. The Morgan fingerprint density at radius 1 is 1.17 bits per heavy atom. The number of rotatable bonds is 4. The normalized spacial score (nSPS) is 21.4. The average Bonchev–Trinajstić information content (AvgIpc) is 3.01. The molecule has 1 aliphatic heterocycles. The molecular formula is C16H16N4O3S. The first-order valence-electron chi connectivity index (χ1n) is 7.37. The van der Waals surface area contributed by atoms with Crippen molar-refractivity contribution in [3.05, 3.63) is 76.2 Å². The van der Waals surface area contributed by atoms with Gasteiger partial charge in [0.1, 0.15) is 0 Å². The molecule has 0 saturated carbocycles. The maximum Gasteiger partial charge on any atom is 0.265 e. The van der Waals surface area contributed by atoms with Crippen LogP contribution in [-0.2, 0) is 14.9 Å². The number of aryl methyl sites for hydroxylation is 1. The minimum atomic E-state index is -3.88. The molecule has 1 fully saturated rings. The number of benzene rings is 2. The summed E-state index contributed by atoms with van der Waals surface area (Å²) in [6.45, 7) is 1.89. The van der Waals surface area contributed by atoms with Gasteiger partial charge in [0.25, 0.3) is 10.0 Å². The van der Waals surface area contributed by atoms with Gasteiger partial charge in [-0.25, -0.2) is 8.42 Å². The highest BCUT2D eigenvalue weighted by molar-refractivity contribution is 7.89. The smallest absolute Gasteiger partial charge is 0.265 e. The van der Waals surface area contributed by atoms with Crippen LogP contribution in [0.3, 0.4) is 0 Å². The zero-order valence-electron chi connectivity index (χ0n) is 13.0. The van der Waals surface area contributed by atoms with Gasteiger partial charge in [-0.1, -0.05) is 57.6 Å². The lowest BCUT2D eigenvalue weighted by molar-refractivity contribution is -0.0500. The van der Waals surface area contributed by atoms with Gasteiger partial charge in [-0.15, -0.1) is 0 Å². The number of hydroxylamine groups is 1. The number of hydrogen-bond donors (Lipinski definition) is 0. The quantitative estimate of drug-likeness (QED) is 0.483. The predicted molar refractivity (Wildman–Crippen MR) is 88.3 cm³/mol. The Labute approximate surface area is 140 Å². The fourth-order valence-electron chi connectivity index (χ4n) is 2.65. The fourth-order valence-corrected chi connectivity index (χ4v) is 4.10. The van der Waals surface area contributed by atoms with Gasteiger partial charge in [0.15, 0.2) is 0 Å². The van der Waals surface area contributed by atoms with E-state index in [9.17, 15) is 8.42 Å². The Morgan fingerprint density at radius 2 is 1.83 bits per heavy atom. The first-order valence-corrected chi connectivity index (χ1v) is 8.81. The van der Waals surface area contributed by atoms with Crippen LogP contribution in [0.15, 0.2) is 64.6 Å². The van der Waals surface area contributed by atoms with Crippen LogP contribution in [-0.4, -0.2) is 25.5 Å². The molecule has 24 heavy (non-hydrogen) atoms. The summed E-state index contributed by atoms with van der Waals surface area (Å²) in [6, 6.07) is 14.2. The van der Waals surface area contributed by atoms with Crippen molar-refractivity contribution in [2.24, 2.45) is 5.11 Å². The van der Waals surface area contributed by atoms with E-state index in [2.05, 4.69) is 10.0 Å². The molecule has 2 aromatic carbocycles. The van der Waals surface area contributed by atoms with E-state index in [1.165, 1.54) is 12.1 Å². The summed E-state index contributed by atoms with van der Waals surface area (Å²) in [5.74, 6) is 0. The molecule has 2 unspecified atom stereocenters. The molecule has 2 aromatic rings. The monoisotopic (exact) mass is 344 g/mol. The molecule has 3 rings (SSSR count). The van der Waals surface area contributed by atoms with Crippen molar-refractivity contribution < 1.29 is 13.3 Å². The molecule has 0 bridgehead atoms. The largest absolute Gasteiger partial charge is 0.283 e. The number of nitrogens with zero attached hydrogens (tertiary/aromatic N) is 4. The van der Waals surface area contributed by atoms with Crippen LogP contribution >= 0.6 is 0 Å². The summed E-state index contributed by atoms with van der Waals surface area (Å²) in [7, 11) is -3.88. The lowest BCUT2D eigenvalue weighted by Crippen LogP contribution is -2.32. The van der Waals surface area contributed by atoms with Crippen LogP contribution in [0.2, 0.25) is 0 Å². The highest BCUT2D eigenvalue weighted by atomic mass is 32.2. The van der Waals surface area contributed by atoms with Crippen molar-refractivity contribution in [2.75, 3.05) is 6.61 Å². The van der Waals surface area contributed by atoms with Gasteiger partial charge in [-0.3, -0.25) is 4.84 Å². The van der Waals surface area contributed by atoms with E-state index in [0.717, 1.165) is 10.0 Å². The Balaban J connectivity index is 2.05.